The molecule has 17 nitrogen and oxygen atoms in total. The van der Waals surface area contributed by atoms with E-state index in [4.69, 9.17) is 4.52 Å². The van der Waals surface area contributed by atoms with Gasteiger partial charge in [-0.2, -0.15) is 4.98 Å². The maximum Gasteiger partial charge on any atom is 0.328 e. The van der Waals surface area contributed by atoms with E-state index in [1.807, 2.05) is 106 Å². The number of carbonyl (C=O) groups is 4. The molecule has 3 aliphatic rings. The molecule has 0 saturated carbocycles. The van der Waals surface area contributed by atoms with Crippen molar-refractivity contribution in [2.24, 2.45) is 5.92 Å². The Morgan fingerprint density at radius 2 is 1.61 bits per heavy atom. The number of piperazine rings is 1. The lowest BCUT2D eigenvalue weighted by molar-refractivity contribution is -0.135. The van der Waals surface area contributed by atoms with Gasteiger partial charge in [-0.15, -0.1) is 0 Å². The minimum absolute atomic E-state index is 0.0637. The third-order valence-electron chi connectivity index (χ3n) is 11.4. The van der Waals surface area contributed by atoms with Gasteiger partial charge in [-0.3, -0.25) is 24.6 Å². The van der Waals surface area contributed by atoms with Gasteiger partial charge in [-0.05, 0) is 73.9 Å². The number of hydrogen-bond donors (Lipinski definition) is 3. The average molecular weight is 827 g/mol. The Kier molecular flexibility index (Phi) is 11.4. The van der Waals surface area contributed by atoms with Gasteiger partial charge < -0.3 is 29.9 Å². The molecule has 0 bridgehead atoms. The number of benzene rings is 2. The molecular formula is C44H50N12O5. The van der Waals surface area contributed by atoms with E-state index >= 15 is 0 Å². The molecule has 0 aliphatic carbocycles. The molecule has 2 aromatic carbocycles. The predicted octanol–water partition coefficient (Wildman–Crippen LogP) is 5.38. The summed E-state index contributed by atoms with van der Waals surface area (Å²) >= 11 is 0. The minimum atomic E-state index is -0.426. The fourth-order valence-corrected chi connectivity index (χ4v) is 7.93. The van der Waals surface area contributed by atoms with E-state index < -0.39 is 11.9 Å². The van der Waals surface area contributed by atoms with E-state index in [9.17, 15) is 19.2 Å². The second kappa shape index (κ2) is 17.0. The first-order valence-corrected chi connectivity index (χ1v) is 20.6. The lowest BCUT2D eigenvalue weighted by atomic mass is 9.96. The van der Waals surface area contributed by atoms with Crippen LogP contribution in [0.25, 0.3) is 11.3 Å². The number of aryl methyl sites for hydroxylation is 1. The van der Waals surface area contributed by atoms with Gasteiger partial charge in [0.05, 0.1) is 29.5 Å². The molecule has 5 amide bonds. The number of hydrogen-bond acceptors (Lipinski definition) is 13. The second-order valence-electron chi connectivity index (χ2n) is 16.8. The molecule has 0 radical (unpaired) electrons. The van der Waals surface area contributed by atoms with Crippen molar-refractivity contribution in [3.8, 4) is 11.3 Å². The lowest BCUT2D eigenvalue weighted by Crippen LogP contribution is -2.50. The molecule has 61 heavy (non-hydrogen) atoms. The molecular weight excluding hydrogens is 777 g/mol. The van der Waals surface area contributed by atoms with E-state index in [0.717, 1.165) is 52.4 Å². The number of urea groups is 1. The van der Waals surface area contributed by atoms with E-state index in [2.05, 4.69) is 50.8 Å². The van der Waals surface area contributed by atoms with Gasteiger partial charge in [0.15, 0.2) is 5.82 Å². The highest BCUT2D eigenvalue weighted by molar-refractivity contribution is 6.05. The van der Waals surface area contributed by atoms with Crippen molar-refractivity contribution >= 4 is 52.5 Å². The molecule has 8 rings (SSSR count). The number of nitrogens with one attached hydrogen (secondary N) is 3. The van der Waals surface area contributed by atoms with Crippen LogP contribution in [0.5, 0.6) is 0 Å². The SMILES string of the molecule is Cc1cc(-c2cc(Nc3ccc(N4CCN(C(=O)C5CCN(c6ccc(N7CCC(=O)NC7=O)cc6)C5)CC4)cn3)ncn2)ccc1[C@@H](C)NC(=O)c1nc(C(C)(C)C)no1. The first-order valence-electron chi connectivity index (χ1n) is 20.6. The van der Waals surface area contributed by atoms with Crippen molar-refractivity contribution in [2.75, 3.05) is 65.8 Å². The Balaban J connectivity index is 0.810. The van der Waals surface area contributed by atoms with Gasteiger partial charge in [-0.25, -0.2) is 19.7 Å². The quantitative estimate of drug-likeness (QED) is 0.163. The van der Waals surface area contributed by atoms with Crippen molar-refractivity contribution in [3.05, 3.63) is 96.0 Å². The Labute approximate surface area is 353 Å². The van der Waals surface area contributed by atoms with Crippen LogP contribution in [-0.2, 0) is 15.0 Å². The van der Waals surface area contributed by atoms with Gasteiger partial charge >= 0.3 is 17.8 Å². The Bertz CT molecular complexity index is 2420. The highest BCUT2D eigenvalue weighted by atomic mass is 16.5. The van der Waals surface area contributed by atoms with Crippen LogP contribution in [0.3, 0.4) is 0 Å². The Morgan fingerprint density at radius 3 is 2.30 bits per heavy atom. The molecule has 0 spiro atoms. The molecule has 3 saturated heterocycles. The standard InChI is InChI=1S/C44H50N12O5/c1-27-22-29(6-12-34(27)28(2)48-39(58)40-51-42(52-61-40)44(3,4)5)35-23-37(47-26-46-35)49-36-13-11-33(24-45-36)53-18-20-54(21-19-53)41(59)30-14-16-55(25-30)31-7-9-32(10-8-31)56-17-15-38(57)50-43(56)60/h6-13,22-24,26,28,30H,14-21,25H2,1-5H3,(H,48,58)(H,50,57,60)(H,45,46,47,49)/t28-,30?/m1/s1. The number of anilines is 5. The zero-order valence-corrected chi connectivity index (χ0v) is 35.0. The van der Waals surface area contributed by atoms with E-state index in [0.29, 0.717) is 56.7 Å². The van der Waals surface area contributed by atoms with Crippen molar-refractivity contribution in [2.45, 2.75) is 58.9 Å². The van der Waals surface area contributed by atoms with E-state index in [1.165, 1.54) is 6.33 Å². The van der Waals surface area contributed by atoms with Crippen LogP contribution in [-0.4, -0.2) is 99.6 Å². The number of nitrogens with zero attached hydrogens (tertiary/aromatic N) is 9. The molecule has 17 heteroatoms. The third kappa shape index (κ3) is 9.15. The summed E-state index contributed by atoms with van der Waals surface area (Å²) in [5.74, 6) is 1.09. The summed E-state index contributed by atoms with van der Waals surface area (Å²) < 4.78 is 5.21. The molecule has 6 heterocycles. The molecule has 3 fully saturated rings. The zero-order valence-electron chi connectivity index (χ0n) is 35.0. The summed E-state index contributed by atoms with van der Waals surface area (Å²) in [5.41, 5.74) is 5.97. The summed E-state index contributed by atoms with van der Waals surface area (Å²) in [6.07, 6.45) is 4.42. The highest BCUT2D eigenvalue weighted by Crippen LogP contribution is 2.30. The molecule has 316 valence electrons. The van der Waals surface area contributed by atoms with Crippen LogP contribution in [0, 0.1) is 12.8 Å². The van der Waals surface area contributed by atoms with Crippen molar-refractivity contribution in [1.82, 2.24) is 40.6 Å². The largest absolute Gasteiger partial charge is 0.371 e. The summed E-state index contributed by atoms with van der Waals surface area (Å²) in [7, 11) is 0. The third-order valence-corrected chi connectivity index (χ3v) is 11.4. The van der Waals surface area contributed by atoms with Crippen LogP contribution < -0.4 is 30.7 Å². The Morgan fingerprint density at radius 1 is 0.852 bits per heavy atom. The van der Waals surface area contributed by atoms with Crippen molar-refractivity contribution in [3.63, 3.8) is 0 Å². The maximum absolute atomic E-state index is 13.6. The lowest BCUT2D eigenvalue weighted by Gasteiger charge is -2.37. The van der Waals surface area contributed by atoms with Crippen LogP contribution >= 0.6 is 0 Å². The summed E-state index contributed by atoms with van der Waals surface area (Å²) in [5, 5.41) is 12.6. The van der Waals surface area contributed by atoms with Crippen LogP contribution in [0.2, 0.25) is 0 Å². The van der Waals surface area contributed by atoms with Crippen molar-refractivity contribution in [1.29, 1.82) is 0 Å². The van der Waals surface area contributed by atoms with Gasteiger partial charge in [0, 0.05) is 80.7 Å². The number of aromatic nitrogens is 5. The highest BCUT2D eigenvalue weighted by Gasteiger charge is 2.34. The monoisotopic (exact) mass is 826 g/mol. The number of amides is 5. The van der Waals surface area contributed by atoms with Crippen LogP contribution in [0.15, 0.2) is 77.7 Å². The number of pyridine rings is 1. The summed E-state index contributed by atoms with van der Waals surface area (Å²) in [6.45, 7) is 14.3. The van der Waals surface area contributed by atoms with Gasteiger partial charge in [-0.1, -0.05) is 38.1 Å². The zero-order chi connectivity index (χ0) is 42.8. The smallest absolute Gasteiger partial charge is 0.328 e. The number of imide groups is 1. The molecule has 3 aromatic heterocycles. The van der Waals surface area contributed by atoms with Crippen molar-refractivity contribution < 1.29 is 23.7 Å². The normalized spacial score (nSPS) is 17.6. The van der Waals surface area contributed by atoms with Gasteiger partial charge in [0.1, 0.15) is 18.0 Å². The van der Waals surface area contributed by atoms with E-state index in [-0.39, 0.29) is 41.5 Å². The summed E-state index contributed by atoms with van der Waals surface area (Å²) in [6, 6.07) is 18.8. The fourth-order valence-electron chi connectivity index (χ4n) is 7.93. The molecule has 3 N–H and O–H groups in total. The van der Waals surface area contributed by atoms with Crippen LogP contribution in [0.4, 0.5) is 33.5 Å². The molecule has 2 atom stereocenters. The fraction of sp³-hybridized carbons (Fsp3) is 0.386. The van der Waals surface area contributed by atoms with Crippen LogP contribution in [0.1, 0.15) is 74.2 Å². The average Bonchev–Trinajstić information content (AvgIpc) is 3.96. The molecule has 5 aromatic rings. The van der Waals surface area contributed by atoms with Gasteiger partial charge in [0.25, 0.3) is 0 Å². The molecule has 3 aliphatic heterocycles. The van der Waals surface area contributed by atoms with Gasteiger partial charge in [0.2, 0.25) is 11.8 Å². The minimum Gasteiger partial charge on any atom is -0.371 e. The predicted molar refractivity (Wildman–Crippen MR) is 230 cm³/mol. The second-order valence-corrected chi connectivity index (χ2v) is 16.8. The number of rotatable bonds is 10. The first-order chi connectivity index (χ1) is 29.3. The first kappa shape index (κ1) is 40.9. The molecule has 1 unspecified atom stereocenters. The maximum atomic E-state index is 13.6. The topological polar surface area (TPSA) is 195 Å². The number of carbonyl (C=O) groups excluding carboxylic acids is 4. The summed E-state index contributed by atoms with van der Waals surface area (Å²) in [4.78, 5) is 76.1. The van der Waals surface area contributed by atoms with E-state index in [1.54, 1.807) is 4.90 Å². The Hall–Kier alpha value is -6.91.